The average molecular weight is 695 g/mol. The molecule has 3 N–H and O–H groups in total. The summed E-state index contributed by atoms with van der Waals surface area (Å²) in [7, 11) is 5.63. The maximum absolute atomic E-state index is 12.0. The molecule has 5 aromatic rings. The van der Waals surface area contributed by atoms with Gasteiger partial charge in [-0.25, -0.2) is 4.79 Å². The molecule has 0 amide bonds. The number of nitro benzene ring substituents is 1. The first-order valence-electron chi connectivity index (χ1n) is 13.7. The van der Waals surface area contributed by atoms with E-state index in [1.54, 1.807) is 24.3 Å². The van der Waals surface area contributed by atoms with Crippen LogP contribution in [0.1, 0.15) is 10.4 Å². The van der Waals surface area contributed by atoms with E-state index in [0.717, 1.165) is 0 Å². The third-order valence-corrected chi connectivity index (χ3v) is 6.44. The number of para-hydroxylation sites is 1. The summed E-state index contributed by atoms with van der Waals surface area (Å²) in [5, 5.41) is 20.5. The zero-order valence-electron chi connectivity index (χ0n) is 26.1. The van der Waals surface area contributed by atoms with E-state index in [-0.39, 0.29) is 74.8 Å². The van der Waals surface area contributed by atoms with Gasteiger partial charge in [0.25, 0.3) is 5.69 Å². The number of hydrogen-bond acceptors (Lipinski definition) is 15. The Morgan fingerprint density at radius 1 is 0.714 bits per heavy atom. The molecule has 49 heavy (non-hydrogen) atoms. The normalized spacial score (nSPS) is 10.1. The number of carbonyl (C=O) groups is 1. The van der Waals surface area contributed by atoms with E-state index in [0.29, 0.717) is 5.75 Å². The van der Waals surface area contributed by atoms with Gasteiger partial charge in [-0.05, 0) is 30.3 Å². The van der Waals surface area contributed by atoms with Crippen LogP contribution in [0.2, 0.25) is 5.02 Å². The second-order valence-electron chi connectivity index (χ2n) is 9.09. The molecule has 5 rings (SSSR count). The first-order valence-corrected chi connectivity index (χ1v) is 14.1. The average Bonchev–Trinajstić information content (AvgIpc) is 3.10. The van der Waals surface area contributed by atoms with Gasteiger partial charge in [0.2, 0.25) is 23.5 Å². The predicted octanol–water partition coefficient (Wildman–Crippen LogP) is 6.21. The molecule has 0 spiro atoms. The molecular weight excluding hydrogens is 668 g/mol. The third kappa shape index (κ3) is 9.01. The summed E-state index contributed by atoms with van der Waals surface area (Å²) in [4.78, 5) is 38.2. The van der Waals surface area contributed by atoms with E-state index in [1.165, 1.54) is 70.9 Å². The second kappa shape index (κ2) is 16.3. The van der Waals surface area contributed by atoms with Crippen LogP contribution in [-0.2, 0) is 0 Å². The molecule has 0 aliphatic heterocycles. The van der Waals surface area contributed by atoms with Gasteiger partial charge in [-0.2, -0.15) is 19.9 Å². The molecule has 0 bridgehead atoms. The van der Waals surface area contributed by atoms with Crippen molar-refractivity contribution in [3.8, 4) is 58.5 Å². The fourth-order valence-corrected chi connectivity index (χ4v) is 3.98. The van der Waals surface area contributed by atoms with Gasteiger partial charge in [-0.15, -0.1) is 0 Å². The van der Waals surface area contributed by atoms with Gasteiger partial charge in [0.05, 0.1) is 45.5 Å². The Labute approximate surface area is 282 Å². The lowest BCUT2D eigenvalue weighted by atomic mass is 10.2. The second-order valence-corrected chi connectivity index (χ2v) is 9.47. The number of nitrogens with zero attached hydrogens (tertiary/aromatic N) is 5. The van der Waals surface area contributed by atoms with Crippen molar-refractivity contribution in [3.63, 3.8) is 0 Å². The number of halogens is 1. The van der Waals surface area contributed by atoms with Crippen LogP contribution in [0, 0.1) is 10.1 Å². The predicted molar refractivity (Wildman–Crippen MR) is 173 cm³/mol. The number of benzene rings is 3. The van der Waals surface area contributed by atoms with Gasteiger partial charge in [0.15, 0.2) is 0 Å². The monoisotopic (exact) mass is 694 g/mol. The number of methoxy groups -OCH3 is 4. The van der Waals surface area contributed by atoms with Gasteiger partial charge in [0.1, 0.15) is 39.3 Å². The van der Waals surface area contributed by atoms with Crippen molar-refractivity contribution in [1.82, 2.24) is 19.9 Å². The SMILES string of the molecule is COc1cc(OC)nc(Oc2cccc(Oc3nc(OC)cc(OC)n3)c2C(=O)O)n1.Nc1c([N+](=O)[O-])ccc(Oc2ccccc2)c1Cl. The summed E-state index contributed by atoms with van der Waals surface area (Å²) in [6.07, 6.45) is 0. The molecule has 0 aliphatic carbocycles. The molecule has 0 saturated carbocycles. The van der Waals surface area contributed by atoms with Crippen molar-refractivity contribution in [2.75, 3.05) is 34.2 Å². The fourth-order valence-electron chi connectivity index (χ4n) is 3.78. The summed E-state index contributed by atoms with van der Waals surface area (Å²) in [6, 6.07) is 18.5. The summed E-state index contributed by atoms with van der Waals surface area (Å²) >= 11 is 5.94. The van der Waals surface area contributed by atoms with E-state index in [9.17, 15) is 20.0 Å². The number of aromatic nitrogens is 4. The Kier molecular flexibility index (Phi) is 11.7. The Morgan fingerprint density at radius 2 is 1.18 bits per heavy atom. The van der Waals surface area contributed by atoms with Gasteiger partial charge >= 0.3 is 18.0 Å². The summed E-state index contributed by atoms with van der Waals surface area (Å²) in [5.41, 5.74) is 4.94. The molecule has 0 radical (unpaired) electrons. The molecule has 3 aromatic carbocycles. The number of aromatic carboxylic acids is 1. The Hall–Kier alpha value is -6.62. The number of anilines is 1. The molecule has 0 saturated heterocycles. The van der Waals surface area contributed by atoms with Gasteiger partial charge in [-0.3, -0.25) is 10.1 Å². The van der Waals surface area contributed by atoms with Crippen LogP contribution in [-0.4, -0.2) is 64.4 Å². The summed E-state index contributed by atoms with van der Waals surface area (Å²) < 4.78 is 36.9. The molecule has 0 unspecified atom stereocenters. The maximum atomic E-state index is 12.0. The molecule has 254 valence electrons. The molecule has 18 heteroatoms. The van der Waals surface area contributed by atoms with Crippen molar-refractivity contribution < 1.29 is 48.0 Å². The molecule has 0 atom stereocenters. The Balaban J connectivity index is 0.000000254. The molecule has 2 aromatic heterocycles. The number of hydrogen-bond donors (Lipinski definition) is 2. The first-order chi connectivity index (χ1) is 23.6. The topological polar surface area (TPSA) is 223 Å². The number of nitrogens with two attached hydrogens (primary N) is 1. The highest BCUT2D eigenvalue weighted by Gasteiger charge is 2.22. The zero-order chi connectivity index (χ0) is 35.5. The minimum atomic E-state index is -1.32. The van der Waals surface area contributed by atoms with Gasteiger partial charge in [-0.1, -0.05) is 35.9 Å². The molecule has 0 fully saturated rings. The highest BCUT2D eigenvalue weighted by molar-refractivity contribution is 6.35. The highest BCUT2D eigenvalue weighted by atomic mass is 35.5. The highest BCUT2D eigenvalue weighted by Crippen LogP contribution is 2.39. The third-order valence-electron chi connectivity index (χ3n) is 6.05. The minimum Gasteiger partial charge on any atom is -0.481 e. The number of rotatable bonds is 12. The van der Waals surface area contributed by atoms with E-state index in [4.69, 9.17) is 50.5 Å². The number of nitro groups is 1. The quantitative estimate of drug-likeness (QED) is 0.0841. The molecule has 17 nitrogen and oxygen atoms in total. The van der Waals surface area contributed by atoms with Gasteiger partial charge < -0.3 is 44.0 Å². The van der Waals surface area contributed by atoms with E-state index < -0.39 is 10.9 Å². The minimum absolute atomic E-state index is 0.0352. The van der Waals surface area contributed by atoms with Crippen molar-refractivity contribution in [3.05, 3.63) is 93.5 Å². The number of nitrogen functional groups attached to an aromatic ring is 1. The lowest BCUT2D eigenvalue weighted by Crippen LogP contribution is -2.06. The van der Waals surface area contributed by atoms with Crippen LogP contribution >= 0.6 is 11.6 Å². The lowest BCUT2D eigenvalue weighted by Gasteiger charge is -2.13. The molecule has 0 aliphatic rings. The number of carboxylic acids is 1. The van der Waals surface area contributed by atoms with E-state index in [1.807, 2.05) is 6.07 Å². The van der Waals surface area contributed by atoms with Crippen LogP contribution in [0.25, 0.3) is 0 Å². The lowest BCUT2D eigenvalue weighted by molar-refractivity contribution is -0.383. The van der Waals surface area contributed by atoms with Gasteiger partial charge in [0, 0.05) is 6.07 Å². The maximum Gasteiger partial charge on any atom is 0.343 e. The van der Waals surface area contributed by atoms with Crippen LogP contribution in [0.3, 0.4) is 0 Å². The van der Waals surface area contributed by atoms with Crippen molar-refractivity contribution in [1.29, 1.82) is 0 Å². The zero-order valence-corrected chi connectivity index (χ0v) is 26.9. The number of carboxylic acid groups (broad SMARTS) is 1. The molecular formula is C31H27ClN6O11. The number of ether oxygens (including phenoxy) is 7. The van der Waals surface area contributed by atoms with E-state index in [2.05, 4.69) is 19.9 Å². The van der Waals surface area contributed by atoms with Crippen molar-refractivity contribution in [2.45, 2.75) is 0 Å². The van der Waals surface area contributed by atoms with Crippen LogP contribution in [0.15, 0.2) is 72.8 Å². The standard InChI is InChI=1S/C19H18N4O8.C12H9ClN2O3/c1-26-12-8-13(27-2)21-18(20-12)30-10-6-5-7-11(16(10)17(24)25)31-19-22-14(28-3)9-15(23-19)29-4;13-11-10(18-8-4-2-1-3-5-8)7-6-9(12(11)14)15(16)17/h5-9H,1-4H3,(H,24,25);1-7H,14H2. The first kappa shape index (κ1) is 35.2. The summed E-state index contributed by atoms with van der Waals surface area (Å²) in [5.74, 6) is 0.0382. The van der Waals surface area contributed by atoms with Crippen LogP contribution in [0.4, 0.5) is 11.4 Å². The summed E-state index contributed by atoms with van der Waals surface area (Å²) in [6.45, 7) is 0. The largest absolute Gasteiger partial charge is 0.481 e. The smallest absolute Gasteiger partial charge is 0.343 e. The van der Waals surface area contributed by atoms with Crippen molar-refractivity contribution >= 4 is 28.9 Å². The molecule has 2 heterocycles. The fraction of sp³-hybridized carbons (Fsp3) is 0.129. The Bertz CT molecular complexity index is 1830. The Morgan fingerprint density at radius 3 is 1.59 bits per heavy atom. The van der Waals surface area contributed by atoms with Crippen molar-refractivity contribution in [2.24, 2.45) is 0 Å². The van der Waals surface area contributed by atoms with Crippen LogP contribution < -0.4 is 38.9 Å². The van der Waals surface area contributed by atoms with E-state index >= 15 is 0 Å². The van der Waals surface area contributed by atoms with Crippen LogP contribution in [0.5, 0.6) is 58.5 Å².